The average Bonchev–Trinajstić information content (AvgIpc) is 2.77. The van der Waals surface area contributed by atoms with Crippen LogP contribution in [-0.4, -0.2) is 40.2 Å². The minimum atomic E-state index is -1.15. The first-order chi connectivity index (χ1) is 16.8. The van der Waals surface area contributed by atoms with E-state index in [9.17, 15) is 14.4 Å². The van der Waals surface area contributed by atoms with Crippen molar-refractivity contribution in [1.29, 1.82) is 0 Å². The molecule has 0 bridgehead atoms. The standard InChI is InChI=1S/C28H35N3O4S/c1-9-31(26(33)21(16-36)29-27(34)35-28(6,7)8)24(22-17(2)12-10-13-18(22)3)25(32)30-23-19(4)14-11-15-20(23)5/h1,10-15,21,24,36H,16H2,2-8H3,(H,29,34)(H,30,32). The number of hydrogen-bond acceptors (Lipinski definition) is 5. The molecule has 192 valence electrons. The number of nitrogens with zero attached hydrogens (tertiary/aromatic N) is 1. The number of anilines is 1. The van der Waals surface area contributed by atoms with Crippen LogP contribution in [0.25, 0.3) is 0 Å². The Hall–Kier alpha value is -3.44. The molecule has 0 saturated carbocycles. The molecule has 2 N–H and O–H groups in total. The van der Waals surface area contributed by atoms with Crippen LogP contribution in [0.2, 0.25) is 0 Å². The van der Waals surface area contributed by atoms with Crippen molar-refractivity contribution in [2.45, 2.75) is 66.2 Å². The first kappa shape index (κ1) is 28.8. The second-order valence-corrected chi connectivity index (χ2v) is 10.0. The summed E-state index contributed by atoms with van der Waals surface area (Å²) in [5.41, 5.74) is 3.86. The first-order valence-electron chi connectivity index (χ1n) is 11.6. The van der Waals surface area contributed by atoms with Crippen LogP contribution in [-0.2, 0) is 14.3 Å². The number of ether oxygens (including phenoxy) is 1. The van der Waals surface area contributed by atoms with Gasteiger partial charge in [-0.25, -0.2) is 4.79 Å². The van der Waals surface area contributed by atoms with E-state index in [0.717, 1.165) is 27.2 Å². The van der Waals surface area contributed by atoms with Crippen LogP contribution in [0.4, 0.5) is 10.5 Å². The van der Waals surface area contributed by atoms with E-state index in [1.807, 2.05) is 64.1 Å². The van der Waals surface area contributed by atoms with Crippen molar-refractivity contribution < 1.29 is 19.1 Å². The number of aryl methyl sites for hydroxylation is 4. The lowest BCUT2D eigenvalue weighted by atomic mass is 9.93. The number of carbonyl (C=O) groups excluding carboxylic acids is 3. The molecule has 0 aliphatic heterocycles. The topological polar surface area (TPSA) is 87.7 Å². The number of carbonyl (C=O) groups is 3. The number of amides is 3. The fourth-order valence-corrected chi connectivity index (χ4v) is 4.16. The van der Waals surface area contributed by atoms with Gasteiger partial charge in [0.2, 0.25) is 0 Å². The molecule has 0 aliphatic rings. The zero-order chi connectivity index (χ0) is 27.2. The molecule has 0 spiro atoms. The molecule has 3 amide bonds. The number of rotatable bonds is 7. The van der Waals surface area contributed by atoms with Crippen LogP contribution in [0.5, 0.6) is 0 Å². The van der Waals surface area contributed by atoms with Crippen molar-refractivity contribution in [2.24, 2.45) is 0 Å². The van der Waals surface area contributed by atoms with E-state index in [2.05, 4.69) is 29.3 Å². The number of para-hydroxylation sites is 1. The van der Waals surface area contributed by atoms with Gasteiger partial charge in [-0.3, -0.25) is 14.5 Å². The van der Waals surface area contributed by atoms with E-state index in [-0.39, 0.29) is 5.75 Å². The maximum Gasteiger partial charge on any atom is 0.408 e. The molecule has 36 heavy (non-hydrogen) atoms. The highest BCUT2D eigenvalue weighted by Gasteiger charge is 2.37. The van der Waals surface area contributed by atoms with E-state index in [0.29, 0.717) is 11.3 Å². The number of hydrogen-bond donors (Lipinski definition) is 3. The summed E-state index contributed by atoms with van der Waals surface area (Å²) in [5.74, 6) is -1.16. The monoisotopic (exact) mass is 509 g/mol. The smallest absolute Gasteiger partial charge is 0.408 e. The molecule has 0 aromatic heterocycles. The van der Waals surface area contributed by atoms with Gasteiger partial charge in [0.15, 0.2) is 0 Å². The van der Waals surface area contributed by atoms with Gasteiger partial charge in [-0.15, -0.1) is 0 Å². The van der Waals surface area contributed by atoms with Crippen molar-refractivity contribution in [3.05, 3.63) is 64.2 Å². The van der Waals surface area contributed by atoms with Gasteiger partial charge >= 0.3 is 6.09 Å². The lowest BCUT2D eigenvalue weighted by Crippen LogP contribution is -2.52. The fourth-order valence-electron chi connectivity index (χ4n) is 3.91. The SMILES string of the molecule is C#CN(C(=O)C(CS)NC(=O)OC(C)(C)C)C(C(=O)Nc1c(C)cccc1C)c1c(C)cccc1C. The van der Waals surface area contributed by atoms with Crippen molar-refractivity contribution in [3.63, 3.8) is 0 Å². The Morgan fingerprint density at radius 3 is 1.94 bits per heavy atom. The Labute approximate surface area is 219 Å². The second-order valence-electron chi connectivity index (χ2n) is 9.68. The number of nitrogens with one attached hydrogen (secondary N) is 2. The summed E-state index contributed by atoms with van der Waals surface area (Å²) in [4.78, 5) is 40.8. The van der Waals surface area contributed by atoms with Gasteiger partial charge < -0.3 is 15.4 Å². The third-order valence-corrected chi connectivity index (χ3v) is 5.96. The van der Waals surface area contributed by atoms with Gasteiger partial charge in [-0.2, -0.15) is 12.6 Å². The normalized spacial score (nSPS) is 12.6. The first-order valence-corrected chi connectivity index (χ1v) is 12.3. The highest BCUT2D eigenvalue weighted by Crippen LogP contribution is 2.30. The largest absolute Gasteiger partial charge is 0.444 e. The number of terminal acetylenes is 1. The van der Waals surface area contributed by atoms with E-state index in [1.54, 1.807) is 20.8 Å². The van der Waals surface area contributed by atoms with E-state index >= 15 is 0 Å². The summed E-state index contributed by atoms with van der Waals surface area (Å²) < 4.78 is 5.28. The number of benzene rings is 2. The summed E-state index contributed by atoms with van der Waals surface area (Å²) >= 11 is 4.24. The fraction of sp³-hybridized carbons (Fsp3) is 0.393. The van der Waals surface area contributed by atoms with Crippen LogP contribution in [0, 0.1) is 40.2 Å². The molecule has 2 rings (SSSR count). The summed E-state index contributed by atoms with van der Waals surface area (Å²) in [6.45, 7) is 12.6. The van der Waals surface area contributed by atoms with Gasteiger partial charge in [0.1, 0.15) is 17.7 Å². The number of thiol groups is 1. The maximum absolute atomic E-state index is 13.8. The molecule has 7 nitrogen and oxygen atoms in total. The van der Waals surface area contributed by atoms with Crippen LogP contribution in [0.1, 0.15) is 54.6 Å². The molecule has 2 aromatic rings. The van der Waals surface area contributed by atoms with Gasteiger partial charge in [0, 0.05) is 17.5 Å². The Kier molecular flexibility index (Phi) is 9.60. The molecule has 2 aromatic carbocycles. The minimum Gasteiger partial charge on any atom is -0.444 e. The second kappa shape index (κ2) is 12.0. The highest BCUT2D eigenvalue weighted by atomic mass is 32.1. The predicted octanol–water partition coefficient (Wildman–Crippen LogP) is 4.84. The average molecular weight is 510 g/mol. The van der Waals surface area contributed by atoms with Crippen LogP contribution in [0.3, 0.4) is 0 Å². The summed E-state index contributed by atoms with van der Waals surface area (Å²) in [7, 11) is 0. The molecule has 0 fully saturated rings. The zero-order valence-electron chi connectivity index (χ0n) is 21.9. The Balaban J connectivity index is 2.53. The van der Waals surface area contributed by atoms with Crippen molar-refractivity contribution in [3.8, 4) is 12.5 Å². The van der Waals surface area contributed by atoms with Gasteiger partial charge in [-0.05, 0) is 76.3 Å². The van der Waals surface area contributed by atoms with Crippen LogP contribution < -0.4 is 10.6 Å². The summed E-state index contributed by atoms with van der Waals surface area (Å²) in [5, 5.41) is 5.49. The van der Waals surface area contributed by atoms with Crippen molar-refractivity contribution >= 4 is 36.2 Å². The van der Waals surface area contributed by atoms with Crippen LogP contribution >= 0.6 is 12.6 Å². The maximum atomic E-state index is 13.8. The molecule has 2 atom stereocenters. The number of alkyl carbamates (subject to hydrolysis) is 1. The van der Waals surface area contributed by atoms with Gasteiger partial charge in [-0.1, -0.05) is 42.8 Å². The van der Waals surface area contributed by atoms with Gasteiger partial charge in [0.05, 0.1) is 0 Å². The molecule has 0 radical (unpaired) electrons. The third kappa shape index (κ3) is 7.05. The molecule has 0 aliphatic carbocycles. The lowest BCUT2D eigenvalue weighted by Gasteiger charge is -2.31. The lowest BCUT2D eigenvalue weighted by molar-refractivity contribution is -0.136. The minimum absolute atomic E-state index is 0.0474. The van der Waals surface area contributed by atoms with E-state index in [1.165, 1.54) is 0 Å². The highest BCUT2D eigenvalue weighted by molar-refractivity contribution is 7.80. The molecule has 0 heterocycles. The molecular weight excluding hydrogens is 474 g/mol. The molecule has 8 heteroatoms. The van der Waals surface area contributed by atoms with Crippen molar-refractivity contribution in [2.75, 3.05) is 11.1 Å². The third-order valence-electron chi connectivity index (χ3n) is 5.60. The van der Waals surface area contributed by atoms with Crippen molar-refractivity contribution in [1.82, 2.24) is 10.2 Å². The van der Waals surface area contributed by atoms with E-state index in [4.69, 9.17) is 11.2 Å². The Bertz CT molecular complexity index is 1140. The molecule has 2 unspecified atom stereocenters. The molecule has 0 saturated heterocycles. The van der Waals surface area contributed by atoms with Crippen LogP contribution in [0.15, 0.2) is 36.4 Å². The predicted molar refractivity (Wildman–Crippen MR) is 146 cm³/mol. The molecular formula is C28H35N3O4S. The summed E-state index contributed by atoms with van der Waals surface area (Å²) in [6, 6.07) is 11.4. The quantitative estimate of drug-likeness (QED) is 0.283. The van der Waals surface area contributed by atoms with Gasteiger partial charge in [0.25, 0.3) is 11.8 Å². The summed E-state index contributed by atoms with van der Waals surface area (Å²) in [6.07, 6.45) is 5.05. The Morgan fingerprint density at radius 2 is 1.50 bits per heavy atom. The van der Waals surface area contributed by atoms with E-state index < -0.39 is 35.6 Å². The Morgan fingerprint density at radius 1 is 1.00 bits per heavy atom. The zero-order valence-corrected chi connectivity index (χ0v) is 22.8.